The van der Waals surface area contributed by atoms with E-state index in [9.17, 15) is 5.11 Å². The average Bonchev–Trinajstić information content (AvgIpc) is 3.09. The summed E-state index contributed by atoms with van der Waals surface area (Å²) in [7, 11) is 0. The lowest BCUT2D eigenvalue weighted by atomic mass is 10.1. The zero-order valence-corrected chi connectivity index (χ0v) is 13.0. The van der Waals surface area contributed by atoms with E-state index in [1.165, 1.54) is 10.8 Å². The maximum Gasteiger partial charge on any atom is 0.115 e. The number of fused-ring (bicyclic) bond motifs is 1. The maximum absolute atomic E-state index is 9.33. The molecule has 0 fully saturated rings. The van der Waals surface area contributed by atoms with E-state index < -0.39 is 0 Å². The second-order valence-electron chi connectivity index (χ2n) is 5.61. The molecular formula is C21H16N2O. The Morgan fingerprint density at radius 2 is 1.58 bits per heavy atom. The van der Waals surface area contributed by atoms with Gasteiger partial charge in [-0.3, -0.25) is 4.99 Å². The normalized spacial score (nSPS) is 11.3. The Labute approximate surface area is 140 Å². The van der Waals surface area contributed by atoms with Crippen LogP contribution in [0.3, 0.4) is 0 Å². The Kier molecular flexibility index (Phi) is 3.60. The Morgan fingerprint density at radius 3 is 2.42 bits per heavy atom. The third kappa shape index (κ3) is 2.79. The summed E-state index contributed by atoms with van der Waals surface area (Å²) in [6.07, 6.45) is 3.86. The van der Waals surface area contributed by atoms with Crippen LogP contribution in [-0.2, 0) is 0 Å². The summed E-state index contributed by atoms with van der Waals surface area (Å²) in [5, 5.41) is 11.8. The minimum absolute atomic E-state index is 0.244. The van der Waals surface area contributed by atoms with Gasteiger partial charge in [0.05, 0.1) is 17.6 Å². The van der Waals surface area contributed by atoms with Gasteiger partial charge in [-0.25, -0.2) is 0 Å². The van der Waals surface area contributed by atoms with Gasteiger partial charge in [0, 0.05) is 11.9 Å². The maximum atomic E-state index is 9.33. The molecule has 0 aliphatic heterocycles. The monoisotopic (exact) mass is 312 g/mol. The smallest absolute Gasteiger partial charge is 0.115 e. The molecule has 0 spiro atoms. The van der Waals surface area contributed by atoms with Crippen LogP contribution in [-0.4, -0.2) is 15.9 Å². The molecule has 0 saturated carbocycles. The third-order valence-electron chi connectivity index (χ3n) is 3.99. The van der Waals surface area contributed by atoms with Crippen LogP contribution < -0.4 is 0 Å². The first-order valence-corrected chi connectivity index (χ1v) is 7.79. The van der Waals surface area contributed by atoms with Crippen LogP contribution >= 0.6 is 0 Å². The van der Waals surface area contributed by atoms with Crippen molar-refractivity contribution in [2.24, 2.45) is 4.99 Å². The molecule has 1 aromatic heterocycles. The molecule has 1 N–H and O–H groups in total. The van der Waals surface area contributed by atoms with Crippen LogP contribution in [0.1, 0.15) is 5.69 Å². The number of hydrogen-bond acceptors (Lipinski definition) is 2. The zero-order valence-electron chi connectivity index (χ0n) is 13.0. The van der Waals surface area contributed by atoms with Gasteiger partial charge >= 0.3 is 0 Å². The molecule has 0 bridgehead atoms. The quantitative estimate of drug-likeness (QED) is 0.526. The van der Waals surface area contributed by atoms with E-state index in [1.54, 1.807) is 24.3 Å². The Morgan fingerprint density at radius 1 is 0.792 bits per heavy atom. The van der Waals surface area contributed by atoms with Gasteiger partial charge in [0.1, 0.15) is 5.75 Å². The van der Waals surface area contributed by atoms with E-state index >= 15 is 0 Å². The van der Waals surface area contributed by atoms with Crippen LogP contribution in [0, 0.1) is 0 Å². The summed E-state index contributed by atoms with van der Waals surface area (Å²) < 4.78 is 2.11. The summed E-state index contributed by atoms with van der Waals surface area (Å²) in [5.41, 5.74) is 2.91. The molecule has 3 heteroatoms. The predicted octanol–water partition coefficient (Wildman–Crippen LogP) is 5.09. The lowest BCUT2D eigenvalue weighted by Gasteiger charge is -2.08. The summed E-state index contributed by atoms with van der Waals surface area (Å²) in [4.78, 5) is 4.48. The van der Waals surface area contributed by atoms with Crippen molar-refractivity contribution in [3.63, 3.8) is 0 Å². The van der Waals surface area contributed by atoms with Crippen LogP contribution in [0.4, 0.5) is 5.69 Å². The number of hydrogen-bond donors (Lipinski definition) is 1. The highest BCUT2D eigenvalue weighted by atomic mass is 16.3. The van der Waals surface area contributed by atoms with E-state index in [-0.39, 0.29) is 5.75 Å². The van der Waals surface area contributed by atoms with Gasteiger partial charge in [0.15, 0.2) is 0 Å². The number of nitrogens with zero attached hydrogens (tertiary/aromatic N) is 2. The standard InChI is InChI=1S/C21H16N2O/c24-21-11-8-18(9-12-21)22-15-20-6-3-13-23(20)19-10-7-16-4-1-2-5-17(16)14-19/h1-15,24H. The van der Waals surface area contributed by atoms with Gasteiger partial charge < -0.3 is 9.67 Å². The molecular weight excluding hydrogens is 296 g/mol. The van der Waals surface area contributed by atoms with Gasteiger partial charge in [0.25, 0.3) is 0 Å². The van der Waals surface area contributed by atoms with Gasteiger partial charge in [-0.2, -0.15) is 0 Å². The van der Waals surface area contributed by atoms with E-state index in [4.69, 9.17) is 0 Å². The number of aliphatic imine (C=N–C) groups is 1. The largest absolute Gasteiger partial charge is 0.508 e. The van der Waals surface area contributed by atoms with Crippen molar-refractivity contribution in [3.05, 3.63) is 90.8 Å². The number of phenolic OH excluding ortho intramolecular Hbond substituents is 1. The number of aromatic nitrogens is 1. The van der Waals surface area contributed by atoms with Gasteiger partial charge in [0.2, 0.25) is 0 Å². The minimum Gasteiger partial charge on any atom is -0.508 e. The average molecular weight is 312 g/mol. The Hall–Kier alpha value is -3.33. The van der Waals surface area contributed by atoms with Gasteiger partial charge in [-0.15, -0.1) is 0 Å². The Balaban J connectivity index is 1.69. The van der Waals surface area contributed by atoms with Crippen molar-refractivity contribution in [2.45, 2.75) is 0 Å². The topological polar surface area (TPSA) is 37.5 Å². The van der Waals surface area contributed by atoms with Crippen LogP contribution in [0.5, 0.6) is 5.75 Å². The summed E-state index contributed by atoms with van der Waals surface area (Å²) in [5.74, 6) is 0.244. The highest BCUT2D eigenvalue weighted by molar-refractivity contribution is 5.86. The van der Waals surface area contributed by atoms with Crippen LogP contribution in [0.25, 0.3) is 16.5 Å². The fourth-order valence-electron chi connectivity index (χ4n) is 2.74. The molecule has 0 radical (unpaired) electrons. The lowest BCUT2D eigenvalue weighted by Crippen LogP contribution is -1.97. The van der Waals surface area contributed by atoms with Crippen molar-refractivity contribution in [2.75, 3.05) is 0 Å². The number of benzene rings is 3. The second kappa shape index (κ2) is 6.05. The molecule has 1 heterocycles. The van der Waals surface area contributed by atoms with Crippen molar-refractivity contribution in [1.29, 1.82) is 0 Å². The minimum atomic E-state index is 0.244. The van der Waals surface area contributed by atoms with E-state index in [1.807, 2.05) is 30.6 Å². The van der Waals surface area contributed by atoms with Crippen LogP contribution in [0.2, 0.25) is 0 Å². The van der Waals surface area contributed by atoms with Gasteiger partial charge in [-0.05, 0) is 59.3 Å². The fourth-order valence-corrected chi connectivity index (χ4v) is 2.74. The molecule has 3 aromatic carbocycles. The first-order valence-electron chi connectivity index (χ1n) is 7.79. The Bertz CT molecular complexity index is 1010. The molecule has 24 heavy (non-hydrogen) atoms. The molecule has 0 aliphatic carbocycles. The number of rotatable bonds is 3. The number of aromatic hydroxyl groups is 1. The zero-order chi connectivity index (χ0) is 16.4. The summed E-state index contributed by atoms with van der Waals surface area (Å²) in [6.45, 7) is 0. The van der Waals surface area contributed by atoms with Crippen molar-refractivity contribution in [1.82, 2.24) is 4.57 Å². The van der Waals surface area contributed by atoms with Crippen LogP contribution in [0.15, 0.2) is 90.1 Å². The highest BCUT2D eigenvalue weighted by Gasteiger charge is 2.02. The van der Waals surface area contributed by atoms with E-state index in [0.717, 1.165) is 17.1 Å². The van der Waals surface area contributed by atoms with Crippen molar-refractivity contribution >= 4 is 22.7 Å². The molecule has 0 aliphatic rings. The molecule has 0 amide bonds. The predicted molar refractivity (Wildman–Crippen MR) is 98.6 cm³/mol. The van der Waals surface area contributed by atoms with E-state index in [2.05, 4.69) is 46.0 Å². The molecule has 3 nitrogen and oxygen atoms in total. The highest BCUT2D eigenvalue weighted by Crippen LogP contribution is 2.21. The molecule has 116 valence electrons. The molecule has 4 aromatic rings. The second-order valence-corrected chi connectivity index (χ2v) is 5.61. The number of phenols is 1. The molecule has 4 rings (SSSR count). The van der Waals surface area contributed by atoms with Gasteiger partial charge in [-0.1, -0.05) is 30.3 Å². The van der Waals surface area contributed by atoms with Crippen molar-refractivity contribution in [3.8, 4) is 11.4 Å². The van der Waals surface area contributed by atoms with E-state index in [0.29, 0.717) is 0 Å². The SMILES string of the molecule is Oc1ccc(N=Cc2cccn2-c2ccc3ccccc3c2)cc1. The summed E-state index contributed by atoms with van der Waals surface area (Å²) in [6, 6.07) is 25.6. The fraction of sp³-hybridized carbons (Fsp3) is 0. The van der Waals surface area contributed by atoms with Crippen molar-refractivity contribution < 1.29 is 5.11 Å². The molecule has 0 saturated heterocycles. The third-order valence-corrected chi connectivity index (χ3v) is 3.99. The molecule has 0 atom stereocenters. The molecule has 0 unspecified atom stereocenters. The summed E-state index contributed by atoms with van der Waals surface area (Å²) >= 11 is 0. The first-order chi connectivity index (χ1) is 11.8. The first kappa shape index (κ1) is 14.3. The lowest BCUT2D eigenvalue weighted by molar-refractivity contribution is 0.475.